The maximum Gasteiger partial charge on any atom is 0.524 e. The van der Waals surface area contributed by atoms with Crippen molar-refractivity contribution in [3.63, 3.8) is 0 Å². The third-order valence-electron chi connectivity index (χ3n) is 5.66. The van der Waals surface area contributed by atoms with E-state index in [1.807, 2.05) is 18.2 Å². The van der Waals surface area contributed by atoms with E-state index < -0.39 is 25.3 Å². The number of phosphoric ester groups is 1. The molecule has 3 N–H and O–H groups in total. The van der Waals surface area contributed by atoms with Gasteiger partial charge < -0.3 is 24.1 Å². The zero-order valence-corrected chi connectivity index (χ0v) is 21.8. The van der Waals surface area contributed by atoms with E-state index in [4.69, 9.17) is 21.2 Å². The largest absolute Gasteiger partial charge is 0.524 e. The number of likely N-dealkylation sites (tertiary alicyclic amines) is 1. The molecule has 0 spiro atoms. The molecule has 0 radical (unpaired) electrons. The number of hydrogen-bond acceptors (Lipinski definition) is 8. The first-order valence-corrected chi connectivity index (χ1v) is 13.8. The molecule has 3 rings (SSSR count). The number of carbonyl (C=O) groups excluding carboxylic acids is 2. The summed E-state index contributed by atoms with van der Waals surface area (Å²) >= 11 is 6.32. The number of phenolic OH excluding ortho intramolecular Hbond substituents is 1. The number of aromatic hydroxyl groups is 1. The van der Waals surface area contributed by atoms with E-state index >= 15 is 0 Å². The molecular weight excluding hydrogens is 527 g/mol. The molecule has 2 aliphatic heterocycles. The van der Waals surface area contributed by atoms with Crippen molar-refractivity contribution in [2.45, 2.75) is 44.9 Å². The maximum absolute atomic E-state index is 13.0. The number of phosphoric acid groups is 1. The van der Waals surface area contributed by atoms with Crippen LogP contribution in [0.5, 0.6) is 11.5 Å². The van der Waals surface area contributed by atoms with Gasteiger partial charge in [-0.2, -0.15) is 0 Å². The van der Waals surface area contributed by atoms with E-state index in [2.05, 4.69) is 9.68 Å². The van der Waals surface area contributed by atoms with Gasteiger partial charge in [0.2, 0.25) is 0 Å². The van der Waals surface area contributed by atoms with Crippen LogP contribution in [0.1, 0.15) is 54.4 Å². The standard InChI is InChI=1S/C24H30ClN2O9P/c25-23-18-14-17(26-35-16-21(29)27-11-7-5-8-12-27)10-6-3-1-2-4-9-13-34-24(30)22(18)20(15-19(23)28)36-37(31,32)33/h2,4,6,10,15,28H,1,3,5,7-9,11-14,16H2,(H2,31,32,33)/b4-2+,10-6+,26-17?. The lowest BCUT2D eigenvalue weighted by molar-refractivity contribution is -0.137. The van der Waals surface area contributed by atoms with Crippen LogP contribution in [0.25, 0.3) is 0 Å². The average Bonchev–Trinajstić information content (AvgIpc) is 2.84. The highest BCUT2D eigenvalue weighted by molar-refractivity contribution is 7.46. The van der Waals surface area contributed by atoms with E-state index in [-0.39, 0.29) is 47.4 Å². The Labute approximate surface area is 219 Å². The first-order valence-electron chi connectivity index (χ1n) is 11.9. The van der Waals surface area contributed by atoms with Crippen molar-refractivity contribution in [3.05, 3.63) is 46.5 Å². The van der Waals surface area contributed by atoms with Crippen molar-refractivity contribution in [3.8, 4) is 11.5 Å². The van der Waals surface area contributed by atoms with Gasteiger partial charge in [-0.15, -0.1) is 0 Å². The van der Waals surface area contributed by atoms with E-state index in [1.54, 1.807) is 11.0 Å². The van der Waals surface area contributed by atoms with Crippen molar-refractivity contribution in [1.82, 2.24) is 4.90 Å². The second kappa shape index (κ2) is 13.6. The van der Waals surface area contributed by atoms with Gasteiger partial charge in [-0.3, -0.25) is 14.6 Å². The van der Waals surface area contributed by atoms with Crippen LogP contribution in [0, 0.1) is 0 Å². The van der Waals surface area contributed by atoms with Crippen LogP contribution in [0.15, 0.2) is 35.5 Å². The number of ether oxygens (including phenoxy) is 1. The lowest BCUT2D eigenvalue weighted by Gasteiger charge is -2.26. The normalized spacial score (nSPS) is 20.4. The Bertz CT molecular complexity index is 1120. The summed E-state index contributed by atoms with van der Waals surface area (Å²) in [6.45, 7) is 1.05. The maximum atomic E-state index is 13.0. The molecule has 37 heavy (non-hydrogen) atoms. The summed E-state index contributed by atoms with van der Waals surface area (Å²) in [4.78, 5) is 51.1. The minimum absolute atomic E-state index is 0.00112. The molecule has 1 aromatic rings. The minimum Gasteiger partial charge on any atom is -0.506 e. The summed E-state index contributed by atoms with van der Waals surface area (Å²) < 4.78 is 21.5. The molecule has 2 heterocycles. The number of oxime groups is 1. The highest BCUT2D eigenvalue weighted by Crippen LogP contribution is 2.44. The predicted octanol–water partition coefficient (Wildman–Crippen LogP) is 3.90. The van der Waals surface area contributed by atoms with E-state index in [1.165, 1.54) is 0 Å². The van der Waals surface area contributed by atoms with E-state index in [9.17, 15) is 29.0 Å². The van der Waals surface area contributed by atoms with Crippen LogP contribution in [0.3, 0.4) is 0 Å². The molecule has 13 heteroatoms. The van der Waals surface area contributed by atoms with Gasteiger partial charge in [0, 0.05) is 25.6 Å². The summed E-state index contributed by atoms with van der Waals surface area (Å²) in [6, 6.07) is 0.838. The zero-order valence-electron chi connectivity index (χ0n) is 20.2. The topological polar surface area (TPSA) is 155 Å². The number of carbonyl (C=O) groups is 2. The molecule has 0 unspecified atom stereocenters. The molecule has 202 valence electrons. The van der Waals surface area contributed by atoms with Gasteiger partial charge in [0.1, 0.15) is 17.1 Å². The average molecular weight is 557 g/mol. The Hall–Kier alpha value is -2.85. The quantitative estimate of drug-likeness (QED) is 0.212. The van der Waals surface area contributed by atoms with Crippen molar-refractivity contribution in [2.24, 2.45) is 5.16 Å². The van der Waals surface area contributed by atoms with Crippen molar-refractivity contribution in [2.75, 3.05) is 26.3 Å². The second-order valence-corrected chi connectivity index (χ2v) is 10.0. The number of allylic oxidation sites excluding steroid dienone is 3. The SMILES string of the molecule is O=C1OCC/C=C/CC/C=C/C(=NOCC(=O)N2CCCCC2)Cc2c(Cl)c(O)cc(OP(=O)(O)O)c21. The number of benzene rings is 1. The predicted molar refractivity (Wildman–Crippen MR) is 136 cm³/mol. The molecule has 1 aromatic carbocycles. The fraction of sp³-hybridized carbons (Fsp3) is 0.458. The van der Waals surface area contributed by atoms with Crippen molar-refractivity contribution >= 4 is 37.0 Å². The molecule has 0 saturated carbocycles. The highest BCUT2D eigenvalue weighted by atomic mass is 35.5. The molecule has 0 bridgehead atoms. The number of piperidine rings is 1. The number of nitrogens with zero attached hydrogens (tertiary/aromatic N) is 2. The fourth-order valence-electron chi connectivity index (χ4n) is 3.91. The van der Waals surface area contributed by atoms with Crippen molar-refractivity contribution < 1.29 is 43.1 Å². The van der Waals surface area contributed by atoms with Crippen LogP contribution >= 0.6 is 19.4 Å². The summed E-state index contributed by atoms with van der Waals surface area (Å²) in [7, 11) is -5.11. The molecule has 1 saturated heterocycles. The first kappa shape index (κ1) is 28.7. The van der Waals surface area contributed by atoms with Gasteiger partial charge in [0.25, 0.3) is 5.91 Å². The molecule has 0 aliphatic carbocycles. The lowest BCUT2D eigenvalue weighted by Crippen LogP contribution is -2.37. The smallest absolute Gasteiger partial charge is 0.506 e. The summed E-state index contributed by atoms with van der Waals surface area (Å²) in [5, 5.41) is 14.1. The molecule has 2 aliphatic rings. The number of halogens is 1. The number of fused-ring (bicyclic) bond motifs is 1. The molecule has 11 nitrogen and oxygen atoms in total. The van der Waals surface area contributed by atoms with Gasteiger partial charge in [-0.05, 0) is 50.2 Å². The van der Waals surface area contributed by atoms with Gasteiger partial charge in [0.05, 0.1) is 17.3 Å². The second-order valence-electron chi connectivity index (χ2n) is 8.49. The van der Waals surface area contributed by atoms with Crippen LogP contribution in [0.4, 0.5) is 0 Å². The fourth-order valence-corrected chi connectivity index (χ4v) is 4.53. The summed E-state index contributed by atoms with van der Waals surface area (Å²) in [6.07, 6.45) is 11.8. The Kier molecular flexibility index (Phi) is 10.6. The molecule has 0 aromatic heterocycles. The Balaban J connectivity index is 1.96. The Morgan fingerprint density at radius 1 is 1.14 bits per heavy atom. The number of rotatable bonds is 5. The first-order chi connectivity index (χ1) is 17.7. The molecular formula is C24H30ClN2O9P. The van der Waals surface area contributed by atoms with Gasteiger partial charge in [-0.25, -0.2) is 9.36 Å². The molecule has 1 fully saturated rings. The number of esters is 1. The van der Waals surface area contributed by atoms with Crippen LogP contribution in [-0.4, -0.2) is 63.7 Å². The van der Waals surface area contributed by atoms with Gasteiger partial charge >= 0.3 is 13.8 Å². The van der Waals surface area contributed by atoms with Crippen LogP contribution in [-0.2, 0) is 25.4 Å². The van der Waals surface area contributed by atoms with E-state index in [0.717, 1.165) is 31.7 Å². The number of cyclic esters (lactones) is 1. The highest BCUT2D eigenvalue weighted by Gasteiger charge is 2.29. The van der Waals surface area contributed by atoms with Crippen molar-refractivity contribution in [1.29, 1.82) is 0 Å². The van der Waals surface area contributed by atoms with E-state index in [0.29, 0.717) is 25.9 Å². The molecule has 1 amide bonds. The monoisotopic (exact) mass is 556 g/mol. The lowest BCUT2D eigenvalue weighted by atomic mass is 9.99. The van der Waals surface area contributed by atoms with Crippen LogP contribution in [0.2, 0.25) is 5.02 Å². The molecule has 0 atom stereocenters. The number of amides is 1. The number of hydrogen-bond donors (Lipinski definition) is 3. The number of phenols is 1. The Morgan fingerprint density at radius 2 is 1.84 bits per heavy atom. The third-order valence-corrected chi connectivity index (χ3v) is 6.51. The summed E-state index contributed by atoms with van der Waals surface area (Å²) in [5.41, 5.74) is -0.147. The van der Waals surface area contributed by atoms with Gasteiger partial charge in [0.15, 0.2) is 6.61 Å². The Morgan fingerprint density at radius 3 is 2.57 bits per heavy atom. The zero-order chi connectivity index (χ0) is 26.8. The van der Waals surface area contributed by atoms with Gasteiger partial charge in [-0.1, -0.05) is 35.0 Å². The summed E-state index contributed by atoms with van der Waals surface area (Å²) in [5.74, 6) is -2.31. The van der Waals surface area contributed by atoms with Crippen LogP contribution < -0.4 is 4.52 Å². The third kappa shape index (κ3) is 8.89. The minimum atomic E-state index is -5.11.